The van der Waals surface area contributed by atoms with Gasteiger partial charge in [-0.2, -0.15) is 0 Å². The molecule has 0 fully saturated rings. The maximum Gasteiger partial charge on any atom is 0.123 e. The largest absolute Gasteiger partial charge is 0.508 e. The van der Waals surface area contributed by atoms with Crippen LogP contribution in [-0.2, 0) is 10.8 Å². The molecule has 0 aliphatic heterocycles. The lowest BCUT2D eigenvalue weighted by molar-refractivity contribution is 0.314. The van der Waals surface area contributed by atoms with Gasteiger partial charge in [-0.05, 0) is 47.6 Å². The molecule has 0 saturated heterocycles. The van der Waals surface area contributed by atoms with Gasteiger partial charge in [-0.3, -0.25) is 0 Å². The minimum atomic E-state index is -0.342. The molecule has 1 aliphatic carbocycles. The van der Waals surface area contributed by atoms with Crippen molar-refractivity contribution in [3.05, 3.63) is 53.1 Å². The molecule has 0 amide bonds. The van der Waals surface area contributed by atoms with Gasteiger partial charge in [-0.1, -0.05) is 39.8 Å². The maximum absolute atomic E-state index is 10.8. The van der Waals surface area contributed by atoms with Crippen LogP contribution < -0.4 is 4.74 Å². The van der Waals surface area contributed by atoms with E-state index in [0.717, 1.165) is 35.3 Å². The molecule has 3 heteroatoms. The molecule has 0 heterocycles. The first kappa shape index (κ1) is 16.7. The highest BCUT2D eigenvalue weighted by Crippen LogP contribution is 2.56. The Morgan fingerprint density at radius 2 is 1.83 bits per heavy atom. The van der Waals surface area contributed by atoms with Gasteiger partial charge in [0.15, 0.2) is 0 Å². The molecule has 2 N–H and O–H groups in total. The van der Waals surface area contributed by atoms with E-state index in [1.165, 1.54) is 0 Å². The number of ether oxygens (including phenoxy) is 1. The fraction of sp³-hybridized carbons (Fsp3) is 0.429. The second kappa shape index (κ2) is 5.73. The van der Waals surface area contributed by atoms with Gasteiger partial charge in [0.25, 0.3) is 0 Å². The monoisotopic (exact) mass is 326 g/mol. The quantitative estimate of drug-likeness (QED) is 0.842. The third-order valence-electron chi connectivity index (χ3n) is 5.12. The summed E-state index contributed by atoms with van der Waals surface area (Å²) in [4.78, 5) is 0. The van der Waals surface area contributed by atoms with Crippen LogP contribution in [0.4, 0.5) is 0 Å². The van der Waals surface area contributed by atoms with E-state index >= 15 is 0 Å². The molecule has 3 rings (SSSR count). The average Bonchev–Trinajstić information content (AvgIpc) is 2.73. The lowest BCUT2D eigenvalue weighted by Crippen LogP contribution is -2.23. The molecule has 1 unspecified atom stereocenters. The van der Waals surface area contributed by atoms with Gasteiger partial charge >= 0.3 is 0 Å². The third-order valence-corrected chi connectivity index (χ3v) is 5.12. The van der Waals surface area contributed by atoms with Gasteiger partial charge in [0, 0.05) is 17.0 Å². The van der Waals surface area contributed by atoms with Crippen molar-refractivity contribution in [2.24, 2.45) is 0 Å². The first-order valence-corrected chi connectivity index (χ1v) is 8.58. The van der Waals surface area contributed by atoms with E-state index in [1.807, 2.05) is 12.1 Å². The van der Waals surface area contributed by atoms with Gasteiger partial charge in [-0.15, -0.1) is 0 Å². The normalized spacial score (nSPS) is 21.5. The summed E-state index contributed by atoms with van der Waals surface area (Å²) < 4.78 is 5.75. The zero-order valence-corrected chi connectivity index (χ0v) is 14.9. The summed E-state index contributed by atoms with van der Waals surface area (Å²) in [5, 5.41) is 20.7. The number of hydrogen-bond donors (Lipinski definition) is 2. The molecule has 1 atom stereocenters. The molecule has 0 bridgehead atoms. The van der Waals surface area contributed by atoms with Crippen molar-refractivity contribution in [2.45, 2.75) is 51.4 Å². The highest BCUT2D eigenvalue weighted by Gasteiger charge is 2.48. The number of rotatable bonds is 4. The van der Waals surface area contributed by atoms with E-state index in [1.54, 1.807) is 18.2 Å². The Balaban J connectivity index is 2.16. The van der Waals surface area contributed by atoms with Crippen molar-refractivity contribution in [1.82, 2.24) is 0 Å². The summed E-state index contributed by atoms with van der Waals surface area (Å²) >= 11 is 0. The first-order valence-electron chi connectivity index (χ1n) is 8.58. The molecule has 0 spiro atoms. The fourth-order valence-electron chi connectivity index (χ4n) is 4.18. The van der Waals surface area contributed by atoms with Gasteiger partial charge in [0.05, 0.1) is 6.61 Å². The molecule has 1 aliphatic rings. The van der Waals surface area contributed by atoms with Gasteiger partial charge in [0.1, 0.15) is 17.2 Å². The summed E-state index contributed by atoms with van der Waals surface area (Å²) in [6.07, 6.45) is 1.80. The minimum absolute atomic E-state index is 0.0847. The standard InChI is InChI=1S/C21H26O3/c1-5-9-24-16-11-17-19(18(23)12-16)21(4,13-20(17,2)3)14-7-6-8-15(22)10-14/h6-8,10-12,22-23H,5,9,13H2,1-4H3. The van der Waals surface area contributed by atoms with Crippen molar-refractivity contribution in [3.63, 3.8) is 0 Å². The molecule has 24 heavy (non-hydrogen) atoms. The summed E-state index contributed by atoms with van der Waals surface area (Å²) in [7, 11) is 0. The number of phenolic OH excluding ortho intramolecular Hbond substituents is 2. The topological polar surface area (TPSA) is 49.7 Å². The van der Waals surface area contributed by atoms with Crippen molar-refractivity contribution in [2.75, 3.05) is 6.61 Å². The molecular weight excluding hydrogens is 300 g/mol. The zero-order chi connectivity index (χ0) is 17.5. The molecule has 0 radical (unpaired) electrons. The summed E-state index contributed by atoms with van der Waals surface area (Å²) in [5.74, 6) is 1.25. The van der Waals surface area contributed by atoms with Crippen LogP contribution in [0.2, 0.25) is 0 Å². The maximum atomic E-state index is 10.8. The van der Waals surface area contributed by atoms with Gasteiger partial charge in [-0.25, -0.2) is 0 Å². The zero-order valence-electron chi connectivity index (χ0n) is 14.9. The summed E-state index contributed by atoms with van der Waals surface area (Å²) in [6, 6.07) is 11.1. The summed E-state index contributed by atoms with van der Waals surface area (Å²) in [6.45, 7) is 9.24. The number of fused-ring (bicyclic) bond motifs is 1. The Labute approximate surface area is 143 Å². The van der Waals surface area contributed by atoms with Gasteiger partial charge in [0.2, 0.25) is 0 Å². The van der Waals surface area contributed by atoms with E-state index in [9.17, 15) is 10.2 Å². The molecule has 0 saturated carbocycles. The average molecular weight is 326 g/mol. The van der Waals surface area contributed by atoms with Crippen molar-refractivity contribution in [1.29, 1.82) is 0 Å². The first-order chi connectivity index (χ1) is 11.3. The number of benzene rings is 2. The van der Waals surface area contributed by atoms with Crippen molar-refractivity contribution < 1.29 is 14.9 Å². The molecule has 3 nitrogen and oxygen atoms in total. The van der Waals surface area contributed by atoms with E-state index < -0.39 is 0 Å². The Morgan fingerprint density at radius 3 is 2.50 bits per heavy atom. The molecule has 2 aromatic rings. The SMILES string of the molecule is CCCOc1cc(O)c2c(c1)C(C)(C)CC2(C)c1cccc(O)c1. The van der Waals surface area contributed by atoms with Crippen LogP contribution in [0.15, 0.2) is 36.4 Å². The Morgan fingerprint density at radius 1 is 1.08 bits per heavy atom. The van der Waals surface area contributed by atoms with Crippen LogP contribution in [0.1, 0.15) is 57.2 Å². The molecular formula is C21H26O3. The van der Waals surface area contributed by atoms with Crippen LogP contribution in [0.3, 0.4) is 0 Å². The van der Waals surface area contributed by atoms with Crippen molar-refractivity contribution in [3.8, 4) is 17.2 Å². The van der Waals surface area contributed by atoms with Crippen molar-refractivity contribution >= 4 is 0 Å². The molecule has 2 aromatic carbocycles. The highest BCUT2D eigenvalue weighted by atomic mass is 16.5. The Hall–Kier alpha value is -2.16. The lowest BCUT2D eigenvalue weighted by Gasteiger charge is -2.28. The van der Waals surface area contributed by atoms with Crippen LogP contribution in [-0.4, -0.2) is 16.8 Å². The van der Waals surface area contributed by atoms with Crippen LogP contribution >= 0.6 is 0 Å². The highest BCUT2D eigenvalue weighted by molar-refractivity contribution is 5.60. The molecule has 0 aromatic heterocycles. The van der Waals surface area contributed by atoms with E-state index in [4.69, 9.17) is 4.74 Å². The minimum Gasteiger partial charge on any atom is -0.508 e. The number of phenols is 2. The Kier molecular flexibility index (Phi) is 3.98. The number of aromatic hydroxyl groups is 2. The van der Waals surface area contributed by atoms with Gasteiger partial charge < -0.3 is 14.9 Å². The fourth-order valence-corrected chi connectivity index (χ4v) is 4.18. The summed E-state index contributed by atoms with van der Waals surface area (Å²) in [5.41, 5.74) is 2.66. The number of hydrogen-bond acceptors (Lipinski definition) is 3. The predicted octanol–water partition coefficient (Wildman–Crippen LogP) is 4.87. The van der Waals surface area contributed by atoms with Crippen LogP contribution in [0.5, 0.6) is 17.2 Å². The van der Waals surface area contributed by atoms with E-state index in [2.05, 4.69) is 33.8 Å². The second-order valence-corrected chi connectivity index (χ2v) is 7.66. The third kappa shape index (κ3) is 2.62. The Bertz CT molecular complexity index is 764. The smallest absolute Gasteiger partial charge is 0.123 e. The van der Waals surface area contributed by atoms with Crippen LogP contribution in [0.25, 0.3) is 0 Å². The lowest BCUT2D eigenvalue weighted by atomic mass is 9.75. The molecule has 128 valence electrons. The van der Waals surface area contributed by atoms with Crippen LogP contribution in [0, 0.1) is 0 Å². The second-order valence-electron chi connectivity index (χ2n) is 7.66. The van der Waals surface area contributed by atoms with E-state index in [0.29, 0.717) is 6.61 Å². The van der Waals surface area contributed by atoms with E-state index in [-0.39, 0.29) is 22.3 Å². The predicted molar refractivity (Wildman–Crippen MR) is 96.1 cm³/mol.